The van der Waals surface area contributed by atoms with Crippen LogP contribution in [0.5, 0.6) is 0 Å². The van der Waals surface area contributed by atoms with Crippen LogP contribution in [0.15, 0.2) is 53.4 Å². The molecule has 0 saturated carbocycles. The van der Waals surface area contributed by atoms with Gasteiger partial charge in [-0.25, -0.2) is 8.42 Å². The molecule has 2 aromatic rings. The van der Waals surface area contributed by atoms with Crippen LogP contribution in [0.25, 0.3) is 0 Å². The average molecular weight is 377 g/mol. The summed E-state index contributed by atoms with van der Waals surface area (Å²) >= 11 is 0. The molecule has 0 saturated heterocycles. The van der Waals surface area contributed by atoms with Crippen molar-refractivity contribution in [3.63, 3.8) is 0 Å². The first-order chi connectivity index (χ1) is 12.3. The maximum absolute atomic E-state index is 12.5. The second kappa shape index (κ2) is 8.07. The second-order valence-corrected chi connectivity index (χ2v) is 7.62. The van der Waals surface area contributed by atoms with Crippen LogP contribution in [0.1, 0.15) is 12.5 Å². The van der Waals surface area contributed by atoms with Crippen molar-refractivity contribution in [2.45, 2.75) is 18.2 Å². The van der Waals surface area contributed by atoms with Gasteiger partial charge in [0.15, 0.2) is 0 Å². The van der Waals surface area contributed by atoms with E-state index in [9.17, 15) is 23.3 Å². The Morgan fingerprint density at radius 1 is 1.15 bits per heavy atom. The van der Waals surface area contributed by atoms with E-state index in [0.717, 1.165) is 40.6 Å². The van der Waals surface area contributed by atoms with Gasteiger partial charge >= 0.3 is 0 Å². The van der Waals surface area contributed by atoms with E-state index in [-0.39, 0.29) is 17.1 Å². The van der Waals surface area contributed by atoms with Crippen LogP contribution < -0.4 is 5.32 Å². The topological polar surface area (TPSA) is 110 Å². The molecule has 2 rings (SSSR count). The maximum Gasteiger partial charge on any atom is 0.269 e. The zero-order valence-corrected chi connectivity index (χ0v) is 15.2. The predicted octanol–water partition coefficient (Wildman–Crippen LogP) is 2.42. The molecule has 0 radical (unpaired) electrons. The van der Waals surface area contributed by atoms with Crippen molar-refractivity contribution >= 4 is 27.3 Å². The van der Waals surface area contributed by atoms with Crippen LogP contribution >= 0.6 is 0 Å². The number of sulfonamides is 1. The number of anilines is 1. The summed E-state index contributed by atoms with van der Waals surface area (Å²) in [6.45, 7) is 1.58. The molecule has 0 unspecified atom stereocenters. The molecule has 9 heteroatoms. The minimum atomic E-state index is -3.93. The first-order valence-corrected chi connectivity index (χ1v) is 9.28. The van der Waals surface area contributed by atoms with Crippen LogP contribution in [0.3, 0.4) is 0 Å². The number of carbonyl (C=O) groups excluding carboxylic acids is 1. The highest BCUT2D eigenvalue weighted by Crippen LogP contribution is 2.19. The second-order valence-electron chi connectivity index (χ2n) is 5.57. The van der Waals surface area contributed by atoms with Gasteiger partial charge in [-0.15, -0.1) is 0 Å². The number of rotatable bonds is 7. The minimum Gasteiger partial charge on any atom is -0.325 e. The van der Waals surface area contributed by atoms with Crippen molar-refractivity contribution in [2.24, 2.45) is 0 Å². The van der Waals surface area contributed by atoms with E-state index < -0.39 is 20.9 Å². The number of carbonyl (C=O) groups is 1. The van der Waals surface area contributed by atoms with Crippen molar-refractivity contribution in [2.75, 3.05) is 18.9 Å². The van der Waals surface area contributed by atoms with Gasteiger partial charge in [0, 0.05) is 24.9 Å². The summed E-state index contributed by atoms with van der Waals surface area (Å²) in [6.07, 6.45) is 0.730. The van der Waals surface area contributed by atoms with Crippen molar-refractivity contribution in [3.05, 3.63) is 64.2 Å². The summed E-state index contributed by atoms with van der Waals surface area (Å²) in [5.74, 6) is -0.473. The molecule has 0 fully saturated rings. The fourth-order valence-electron chi connectivity index (χ4n) is 2.35. The van der Waals surface area contributed by atoms with Gasteiger partial charge in [0.05, 0.1) is 16.4 Å². The Morgan fingerprint density at radius 3 is 2.35 bits per heavy atom. The molecule has 26 heavy (non-hydrogen) atoms. The Morgan fingerprint density at radius 2 is 1.77 bits per heavy atom. The number of hydrogen-bond donors (Lipinski definition) is 1. The van der Waals surface area contributed by atoms with Crippen molar-refractivity contribution in [3.8, 4) is 0 Å². The van der Waals surface area contributed by atoms with Gasteiger partial charge < -0.3 is 5.32 Å². The Kier molecular flexibility index (Phi) is 6.06. The molecule has 138 valence electrons. The summed E-state index contributed by atoms with van der Waals surface area (Å²) in [5, 5.41) is 13.4. The maximum atomic E-state index is 12.5. The Bertz CT molecular complexity index is 910. The third-order valence-electron chi connectivity index (χ3n) is 3.79. The molecule has 0 heterocycles. The fraction of sp³-hybridized carbons (Fsp3) is 0.235. The molecule has 1 N–H and O–H groups in total. The van der Waals surface area contributed by atoms with E-state index in [1.807, 2.05) is 19.1 Å². The molecule has 8 nitrogen and oxygen atoms in total. The predicted molar refractivity (Wildman–Crippen MR) is 97.4 cm³/mol. The van der Waals surface area contributed by atoms with Crippen LogP contribution in [0.4, 0.5) is 11.4 Å². The zero-order valence-electron chi connectivity index (χ0n) is 14.4. The van der Waals surface area contributed by atoms with Crippen molar-refractivity contribution < 1.29 is 18.1 Å². The number of aryl methyl sites for hydroxylation is 1. The number of hydrogen-bond acceptors (Lipinski definition) is 5. The quantitative estimate of drug-likeness (QED) is 0.589. The first kappa shape index (κ1) is 19.5. The Labute approximate surface area is 151 Å². The molecule has 0 aliphatic heterocycles. The molecular formula is C17H19N3O5S. The molecule has 2 aromatic carbocycles. The highest BCUT2D eigenvalue weighted by molar-refractivity contribution is 7.89. The van der Waals surface area contributed by atoms with Gasteiger partial charge in [-0.1, -0.05) is 25.1 Å². The smallest absolute Gasteiger partial charge is 0.269 e. The Hall–Kier alpha value is -2.78. The number of nitro groups is 1. The number of nitrogens with one attached hydrogen (secondary N) is 1. The normalized spacial score (nSPS) is 11.3. The third-order valence-corrected chi connectivity index (χ3v) is 5.61. The van der Waals surface area contributed by atoms with Gasteiger partial charge in [-0.3, -0.25) is 14.9 Å². The lowest BCUT2D eigenvalue weighted by Gasteiger charge is -2.17. The number of benzene rings is 2. The fourth-order valence-corrected chi connectivity index (χ4v) is 3.47. The zero-order chi connectivity index (χ0) is 19.3. The van der Waals surface area contributed by atoms with E-state index in [2.05, 4.69) is 5.32 Å². The van der Waals surface area contributed by atoms with Crippen LogP contribution in [-0.2, 0) is 21.2 Å². The first-order valence-electron chi connectivity index (χ1n) is 7.84. The molecular weight excluding hydrogens is 358 g/mol. The van der Waals surface area contributed by atoms with E-state index in [1.165, 1.54) is 7.05 Å². The lowest BCUT2D eigenvalue weighted by molar-refractivity contribution is -0.384. The number of likely N-dealkylation sites (N-methyl/N-ethyl adjacent to an activating group) is 1. The van der Waals surface area contributed by atoms with E-state index in [1.54, 1.807) is 12.1 Å². The molecule has 0 spiro atoms. The highest BCUT2D eigenvalue weighted by atomic mass is 32.2. The molecule has 0 bridgehead atoms. The minimum absolute atomic E-state index is 0.118. The van der Waals surface area contributed by atoms with E-state index in [4.69, 9.17) is 0 Å². The highest BCUT2D eigenvalue weighted by Gasteiger charge is 2.24. The average Bonchev–Trinajstić information content (AvgIpc) is 2.62. The number of nitro benzene ring substituents is 1. The van der Waals surface area contributed by atoms with Gasteiger partial charge in [-0.2, -0.15) is 4.31 Å². The van der Waals surface area contributed by atoms with Gasteiger partial charge in [0.2, 0.25) is 15.9 Å². The van der Waals surface area contributed by atoms with Crippen LogP contribution in [0, 0.1) is 10.1 Å². The summed E-state index contributed by atoms with van der Waals surface area (Å²) in [7, 11) is -2.65. The van der Waals surface area contributed by atoms with Gasteiger partial charge in [-0.05, 0) is 30.2 Å². The van der Waals surface area contributed by atoms with E-state index in [0.29, 0.717) is 5.69 Å². The third kappa shape index (κ3) is 4.44. The van der Waals surface area contributed by atoms with Crippen LogP contribution in [-0.4, -0.2) is 37.1 Å². The number of nitrogens with zero attached hydrogens (tertiary/aromatic N) is 2. The summed E-state index contributed by atoms with van der Waals surface area (Å²) in [4.78, 5) is 22.1. The summed E-state index contributed by atoms with van der Waals surface area (Å²) < 4.78 is 25.9. The molecule has 1 amide bonds. The monoisotopic (exact) mass is 377 g/mol. The lowest BCUT2D eigenvalue weighted by Crippen LogP contribution is -2.35. The van der Waals surface area contributed by atoms with E-state index >= 15 is 0 Å². The number of amides is 1. The largest absolute Gasteiger partial charge is 0.325 e. The summed E-state index contributed by atoms with van der Waals surface area (Å²) in [6, 6.07) is 11.8. The van der Waals surface area contributed by atoms with Crippen molar-refractivity contribution in [1.82, 2.24) is 4.31 Å². The molecule has 0 atom stereocenters. The molecule has 0 aliphatic rings. The SMILES string of the molecule is CCc1ccccc1NC(=O)CN(C)S(=O)(=O)c1ccc([N+](=O)[O-])cc1. The molecule has 0 aromatic heterocycles. The van der Waals surface area contributed by atoms with Crippen LogP contribution in [0.2, 0.25) is 0 Å². The lowest BCUT2D eigenvalue weighted by atomic mass is 10.1. The van der Waals surface area contributed by atoms with Crippen molar-refractivity contribution in [1.29, 1.82) is 0 Å². The number of non-ortho nitro benzene ring substituents is 1. The van der Waals surface area contributed by atoms with Gasteiger partial charge in [0.25, 0.3) is 5.69 Å². The summed E-state index contributed by atoms with van der Waals surface area (Å²) in [5.41, 5.74) is 1.38. The number of para-hydroxylation sites is 1. The standard InChI is InChI=1S/C17H19N3O5S/c1-3-13-6-4-5-7-16(13)18-17(21)12-19(2)26(24,25)15-10-8-14(9-11-15)20(22)23/h4-11H,3,12H2,1-2H3,(H,18,21). The Balaban J connectivity index is 2.11. The van der Waals surface area contributed by atoms with Gasteiger partial charge in [0.1, 0.15) is 0 Å². The molecule has 0 aliphatic carbocycles.